The molecular formula is C18H25N5O2. The van der Waals surface area contributed by atoms with E-state index >= 15 is 0 Å². The number of para-hydroxylation sites is 1. The lowest BCUT2D eigenvalue weighted by atomic mass is 10.1. The molecule has 0 aliphatic carbocycles. The number of hydrogen-bond donors (Lipinski definition) is 2. The monoisotopic (exact) mass is 343 g/mol. The van der Waals surface area contributed by atoms with Crippen molar-refractivity contribution in [3.8, 4) is 5.75 Å². The summed E-state index contributed by atoms with van der Waals surface area (Å²) in [5.74, 6) is 0.664. The number of methoxy groups -OCH3 is 1. The highest BCUT2D eigenvalue weighted by atomic mass is 16.5. The van der Waals surface area contributed by atoms with Crippen molar-refractivity contribution in [2.75, 3.05) is 26.7 Å². The summed E-state index contributed by atoms with van der Waals surface area (Å²) in [6.07, 6.45) is 2.73. The minimum absolute atomic E-state index is 0.174. The Balaban J connectivity index is 1.59. The number of ether oxygens (including phenoxy) is 1. The average Bonchev–Trinajstić information content (AvgIpc) is 3.04. The number of benzene rings is 1. The van der Waals surface area contributed by atoms with E-state index in [1.165, 1.54) is 0 Å². The first-order valence-corrected chi connectivity index (χ1v) is 8.73. The van der Waals surface area contributed by atoms with Gasteiger partial charge in [-0.05, 0) is 50.9 Å². The highest BCUT2D eigenvalue weighted by Crippen LogP contribution is 2.20. The van der Waals surface area contributed by atoms with Crippen LogP contribution in [0.1, 0.15) is 40.6 Å². The van der Waals surface area contributed by atoms with E-state index in [0.717, 1.165) is 42.9 Å². The van der Waals surface area contributed by atoms with Crippen LogP contribution in [0.3, 0.4) is 0 Å². The zero-order valence-electron chi connectivity index (χ0n) is 14.8. The van der Waals surface area contributed by atoms with Gasteiger partial charge in [-0.25, -0.2) is 4.68 Å². The van der Waals surface area contributed by atoms with Gasteiger partial charge in [-0.3, -0.25) is 4.79 Å². The van der Waals surface area contributed by atoms with Gasteiger partial charge in [0, 0.05) is 6.54 Å². The molecule has 134 valence electrons. The van der Waals surface area contributed by atoms with Crippen molar-refractivity contribution in [2.24, 2.45) is 0 Å². The molecule has 0 bridgehead atoms. The molecule has 1 fully saturated rings. The predicted molar refractivity (Wildman–Crippen MR) is 94.9 cm³/mol. The van der Waals surface area contributed by atoms with E-state index < -0.39 is 0 Å². The number of aromatic nitrogens is 3. The normalized spacial score (nSPS) is 15.1. The second-order valence-electron chi connectivity index (χ2n) is 6.27. The van der Waals surface area contributed by atoms with E-state index in [0.29, 0.717) is 24.7 Å². The van der Waals surface area contributed by atoms with Crippen LogP contribution in [-0.4, -0.2) is 47.6 Å². The lowest BCUT2D eigenvalue weighted by molar-refractivity contribution is 0.0948. The van der Waals surface area contributed by atoms with Gasteiger partial charge in [-0.2, -0.15) is 0 Å². The predicted octanol–water partition coefficient (Wildman–Crippen LogP) is 1.49. The molecular weight excluding hydrogens is 318 g/mol. The van der Waals surface area contributed by atoms with Gasteiger partial charge in [0.05, 0.1) is 18.8 Å². The van der Waals surface area contributed by atoms with E-state index in [2.05, 4.69) is 20.9 Å². The van der Waals surface area contributed by atoms with Crippen LogP contribution in [0.2, 0.25) is 0 Å². The minimum Gasteiger partial charge on any atom is -0.496 e. The summed E-state index contributed by atoms with van der Waals surface area (Å²) in [6, 6.07) is 8.15. The van der Waals surface area contributed by atoms with Crippen LogP contribution in [0, 0.1) is 6.92 Å². The van der Waals surface area contributed by atoms with Gasteiger partial charge in [0.1, 0.15) is 5.75 Å². The molecule has 0 radical (unpaired) electrons. The van der Waals surface area contributed by atoms with E-state index in [4.69, 9.17) is 4.74 Å². The first-order valence-electron chi connectivity index (χ1n) is 8.73. The Labute approximate surface area is 147 Å². The van der Waals surface area contributed by atoms with Crippen LogP contribution >= 0.6 is 0 Å². The highest BCUT2D eigenvalue weighted by molar-refractivity contribution is 5.93. The smallest absolute Gasteiger partial charge is 0.273 e. The summed E-state index contributed by atoms with van der Waals surface area (Å²) in [5, 5.41) is 14.6. The maximum atomic E-state index is 12.4. The van der Waals surface area contributed by atoms with Gasteiger partial charge < -0.3 is 15.4 Å². The number of amides is 1. The molecule has 1 aromatic carbocycles. The molecule has 2 N–H and O–H groups in total. The molecule has 1 aliphatic rings. The molecule has 1 aromatic heterocycles. The summed E-state index contributed by atoms with van der Waals surface area (Å²) >= 11 is 0. The zero-order chi connectivity index (χ0) is 17.6. The van der Waals surface area contributed by atoms with E-state index in [1.54, 1.807) is 7.11 Å². The molecule has 7 heteroatoms. The summed E-state index contributed by atoms with van der Waals surface area (Å²) in [7, 11) is 1.65. The number of nitrogens with one attached hydrogen (secondary N) is 2. The molecule has 0 unspecified atom stereocenters. The summed E-state index contributed by atoms with van der Waals surface area (Å²) in [4.78, 5) is 12.4. The van der Waals surface area contributed by atoms with Gasteiger partial charge in [0.15, 0.2) is 5.69 Å². The van der Waals surface area contributed by atoms with Crippen molar-refractivity contribution in [3.63, 3.8) is 0 Å². The first-order chi connectivity index (χ1) is 12.2. The van der Waals surface area contributed by atoms with Crippen LogP contribution in [0.5, 0.6) is 5.75 Å². The Hall–Kier alpha value is -2.41. The van der Waals surface area contributed by atoms with Crippen LogP contribution in [0.4, 0.5) is 0 Å². The Bertz CT molecular complexity index is 722. The van der Waals surface area contributed by atoms with Gasteiger partial charge >= 0.3 is 0 Å². The fraction of sp³-hybridized carbons (Fsp3) is 0.500. The van der Waals surface area contributed by atoms with Crippen LogP contribution in [0.15, 0.2) is 24.3 Å². The summed E-state index contributed by atoms with van der Waals surface area (Å²) < 4.78 is 7.23. The Kier molecular flexibility index (Phi) is 5.65. The van der Waals surface area contributed by atoms with Crippen molar-refractivity contribution < 1.29 is 9.53 Å². The molecule has 1 saturated heterocycles. The molecule has 3 rings (SSSR count). The molecule has 0 atom stereocenters. The van der Waals surface area contributed by atoms with Crippen LogP contribution in [-0.2, 0) is 6.42 Å². The van der Waals surface area contributed by atoms with Crippen molar-refractivity contribution in [1.29, 1.82) is 0 Å². The minimum atomic E-state index is -0.174. The van der Waals surface area contributed by atoms with Crippen molar-refractivity contribution in [1.82, 2.24) is 25.6 Å². The maximum absolute atomic E-state index is 12.4. The lowest BCUT2D eigenvalue weighted by Crippen LogP contribution is -2.30. The largest absolute Gasteiger partial charge is 0.496 e. The number of piperidine rings is 1. The van der Waals surface area contributed by atoms with Gasteiger partial charge in [-0.1, -0.05) is 23.4 Å². The molecule has 7 nitrogen and oxygen atoms in total. The third-order valence-corrected chi connectivity index (χ3v) is 4.67. The highest BCUT2D eigenvalue weighted by Gasteiger charge is 2.22. The third-order valence-electron chi connectivity index (χ3n) is 4.67. The van der Waals surface area contributed by atoms with E-state index in [1.807, 2.05) is 35.9 Å². The average molecular weight is 343 g/mol. The number of carbonyl (C=O) groups is 1. The second kappa shape index (κ2) is 8.11. The molecule has 2 heterocycles. The van der Waals surface area contributed by atoms with Crippen molar-refractivity contribution >= 4 is 5.91 Å². The van der Waals surface area contributed by atoms with E-state index in [-0.39, 0.29) is 5.91 Å². The molecule has 2 aromatic rings. The number of rotatable bonds is 6. The first kappa shape index (κ1) is 17.4. The summed E-state index contributed by atoms with van der Waals surface area (Å²) in [6.45, 7) is 4.39. The zero-order valence-corrected chi connectivity index (χ0v) is 14.8. The molecule has 25 heavy (non-hydrogen) atoms. The van der Waals surface area contributed by atoms with Gasteiger partial charge in [0.25, 0.3) is 5.91 Å². The topological polar surface area (TPSA) is 81.1 Å². The Morgan fingerprint density at radius 3 is 2.88 bits per heavy atom. The maximum Gasteiger partial charge on any atom is 0.273 e. The standard InChI is InChI=1S/C18H25N5O2/c1-13-17(21-22-23(13)15-8-10-19-11-9-15)18(24)20-12-7-14-5-3-4-6-16(14)25-2/h3-6,15,19H,7-12H2,1-2H3,(H,20,24). The fourth-order valence-corrected chi connectivity index (χ4v) is 3.25. The molecule has 0 spiro atoms. The van der Waals surface area contributed by atoms with Gasteiger partial charge in [0.2, 0.25) is 0 Å². The van der Waals surface area contributed by atoms with Crippen molar-refractivity contribution in [3.05, 3.63) is 41.2 Å². The SMILES string of the molecule is COc1ccccc1CCNC(=O)c1nnn(C2CCNCC2)c1C. The van der Waals surface area contributed by atoms with Crippen LogP contribution in [0.25, 0.3) is 0 Å². The molecule has 1 amide bonds. The van der Waals surface area contributed by atoms with Crippen LogP contribution < -0.4 is 15.4 Å². The third kappa shape index (κ3) is 3.99. The van der Waals surface area contributed by atoms with Crippen molar-refractivity contribution in [2.45, 2.75) is 32.2 Å². The quantitative estimate of drug-likeness (QED) is 0.831. The lowest BCUT2D eigenvalue weighted by Gasteiger charge is -2.23. The number of nitrogens with zero attached hydrogens (tertiary/aromatic N) is 3. The van der Waals surface area contributed by atoms with E-state index in [9.17, 15) is 4.79 Å². The summed E-state index contributed by atoms with van der Waals surface area (Å²) in [5.41, 5.74) is 2.32. The molecule has 1 aliphatic heterocycles. The number of carbonyl (C=O) groups excluding carboxylic acids is 1. The molecule has 0 saturated carbocycles. The number of hydrogen-bond acceptors (Lipinski definition) is 5. The Morgan fingerprint density at radius 2 is 2.12 bits per heavy atom. The fourth-order valence-electron chi connectivity index (χ4n) is 3.25. The van der Waals surface area contributed by atoms with Gasteiger partial charge in [-0.15, -0.1) is 5.10 Å². The Morgan fingerprint density at radius 1 is 1.36 bits per heavy atom. The second-order valence-corrected chi connectivity index (χ2v) is 6.27.